The van der Waals surface area contributed by atoms with Crippen LogP contribution in [0.25, 0.3) is 41.9 Å². The van der Waals surface area contributed by atoms with E-state index in [0.29, 0.717) is 86.4 Å². The van der Waals surface area contributed by atoms with Crippen LogP contribution in [-0.4, -0.2) is 50.9 Å². The van der Waals surface area contributed by atoms with Crippen molar-refractivity contribution >= 4 is 220 Å². The van der Waals surface area contributed by atoms with E-state index in [1.54, 1.807) is 48.5 Å². The van der Waals surface area contributed by atoms with Crippen molar-refractivity contribution in [3.8, 4) is 0 Å². The molecule has 86 heavy (non-hydrogen) atoms. The highest BCUT2D eigenvalue weighted by Gasteiger charge is 2.65. The van der Waals surface area contributed by atoms with E-state index in [9.17, 15) is 33.7 Å². The van der Waals surface area contributed by atoms with Gasteiger partial charge in [-0.25, -0.2) is 33.7 Å². The van der Waals surface area contributed by atoms with Gasteiger partial charge in [0, 0.05) is 0 Å². The van der Waals surface area contributed by atoms with Crippen LogP contribution >= 0.6 is 139 Å². The zero-order valence-corrected chi connectivity index (χ0v) is 55.6. The number of hydrogen-bond donors (Lipinski definition) is 0. The molecular formula is C62H36Cl12O8S4. The first-order chi connectivity index (χ1) is 40.7. The second-order valence-corrected chi connectivity index (χ2v) is 34.8. The molecule has 4 aliphatic heterocycles. The Morgan fingerprint density at radius 1 is 0.221 bits per heavy atom. The second-order valence-electron chi connectivity index (χ2n) is 19.5. The number of sulfone groups is 4. The van der Waals surface area contributed by atoms with Gasteiger partial charge in [-0.1, -0.05) is 309 Å². The molecule has 0 radical (unpaired) electrons. The van der Waals surface area contributed by atoms with Gasteiger partial charge in [0.2, 0.25) is 39.3 Å². The lowest BCUT2D eigenvalue weighted by Gasteiger charge is -2.34. The Hall–Kier alpha value is -4.00. The van der Waals surface area contributed by atoms with Crippen molar-refractivity contribution in [1.82, 2.24) is 0 Å². The predicted molar refractivity (Wildman–Crippen MR) is 354 cm³/mol. The normalized spacial score (nSPS) is 18.2. The summed E-state index contributed by atoms with van der Waals surface area (Å²) in [6, 6.07) is 58.5. The van der Waals surface area contributed by atoms with Crippen molar-refractivity contribution in [2.45, 2.75) is 47.6 Å². The molecule has 8 aromatic carbocycles. The maximum Gasteiger partial charge on any atom is 0.208 e. The first-order valence-corrected chi connectivity index (χ1v) is 36.4. The van der Waals surface area contributed by atoms with Crippen LogP contribution in [0.2, 0.25) is 0 Å². The molecule has 0 saturated heterocycles. The molecule has 8 aromatic rings. The average Bonchev–Trinajstić information content (AvgIpc) is 1.48. The van der Waals surface area contributed by atoms with Crippen molar-refractivity contribution in [1.29, 1.82) is 0 Å². The van der Waals surface area contributed by atoms with Crippen LogP contribution in [-0.2, 0) is 50.2 Å². The quantitative estimate of drug-likeness (QED) is 0.137. The third kappa shape index (κ3) is 9.60. The molecule has 0 fully saturated rings. The van der Waals surface area contributed by atoms with E-state index in [1.807, 2.05) is 146 Å². The molecule has 8 aliphatic rings. The van der Waals surface area contributed by atoms with E-state index in [1.165, 1.54) is 0 Å². The summed E-state index contributed by atoms with van der Waals surface area (Å²) in [5.41, 5.74) is 8.96. The van der Waals surface area contributed by atoms with E-state index < -0.39 is 67.4 Å². The van der Waals surface area contributed by atoms with E-state index in [0.717, 1.165) is 22.3 Å². The first kappa shape index (κ1) is 63.6. The maximum atomic E-state index is 14.0. The van der Waals surface area contributed by atoms with Crippen LogP contribution in [0.15, 0.2) is 214 Å². The molecule has 0 amide bonds. The minimum absolute atomic E-state index is 0.277. The van der Waals surface area contributed by atoms with Gasteiger partial charge in [-0.15, -0.1) is 0 Å². The number of benzene rings is 8. The summed E-state index contributed by atoms with van der Waals surface area (Å²) in [7, 11) is -15.2. The number of fused-ring (bicyclic) bond motifs is 24. The lowest BCUT2D eigenvalue weighted by Crippen LogP contribution is -2.27. The lowest BCUT2D eigenvalue weighted by molar-refractivity contribution is 0.605. The Labute approximate surface area is 556 Å². The summed E-state index contributed by atoms with van der Waals surface area (Å²) < 4.78 is 109. The van der Waals surface area contributed by atoms with Crippen LogP contribution in [0.4, 0.5) is 0 Å². The zero-order chi connectivity index (χ0) is 61.8. The predicted octanol–water partition coefficient (Wildman–Crippen LogP) is 18.6. The van der Waals surface area contributed by atoms with Gasteiger partial charge in [0.25, 0.3) is 0 Å². The summed E-state index contributed by atoms with van der Waals surface area (Å²) >= 11 is 57.7. The van der Waals surface area contributed by atoms with Crippen molar-refractivity contribution in [2.24, 2.45) is 0 Å². The fraction of sp³-hybridized carbons (Fsp3) is 0.0968. The van der Waals surface area contributed by atoms with Gasteiger partial charge >= 0.3 is 0 Å². The Morgan fingerprint density at radius 3 is 0.535 bits per heavy atom. The number of alkyl halides is 12. The third-order valence-electron chi connectivity index (χ3n) is 15.6. The summed E-state index contributed by atoms with van der Waals surface area (Å²) in [6.45, 7) is 0. The summed E-state index contributed by atoms with van der Waals surface area (Å²) in [6.07, 6.45) is 0. The maximum absolute atomic E-state index is 14.0. The Balaban J connectivity index is 0.000000143. The average molecular weight is 1460 g/mol. The van der Waals surface area contributed by atoms with Gasteiger partial charge in [0.1, 0.15) is 0 Å². The zero-order valence-electron chi connectivity index (χ0n) is 43.2. The van der Waals surface area contributed by atoms with Crippen LogP contribution in [0.1, 0.15) is 66.8 Å². The number of allylic oxidation sites excluding steroid dienone is 4. The third-order valence-corrected chi connectivity index (χ3v) is 23.2. The van der Waals surface area contributed by atoms with Gasteiger partial charge in [0.05, 0.1) is 50.0 Å². The smallest absolute Gasteiger partial charge is 0.208 e. The molecule has 0 aromatic heterocycles. The SMILES string of the molecule is ClC(Cl)Cl.ClC(Cl)Cl.ClC(Cl)Cl.ClC(Cl)Cl.O=S1(=O)C2=C(c3ccccc31)C1(C3=C(c4ccccc41)S(=O)(=O)c1ccccc13)c1ccccc12.O=S1(=O)C2=C(c3ccccc31)C1(C3=C(c4ccccc41)S(=O)(=O)c1ccccc13)c1ccccc12. The van der Waals surface area contributed by atoms with Crippen LogP contribution in [0.5, 0.6) is 0 Å². The molecule has 0 saturated carbocycles. The number of rotatable bonds is 0. The van der Waals surface area contributed by atoms with Gasteiger partial charge < -0.3 is 0 Å². The first-order valence-electron chi connectivity index (χ1n) is 25.2. The summed E-state index contributed by atoms with van der Waals surface area (Å²) in [5.74, 6) is 0. The molecule has 8 nitrogen and oxygen atoms in total. The van der Waals surface area contributed by atoms with Crippen molar-refractivity contribution < 1.29 is 33.7 Å². The Bertz CT molecular complexity index is 4190. The van der Waals surface area contributed by atoms with E-state index in [-0.39, 0.29) is 19.6 Å². The molecule has 0 bridgehead atoms. The largest absolute Gasteiger partial charge is 0.218 e. The molecule has 16 rings (SSSR count). The fourth-order valence-corrected chi connectivity index (χ4v) is 21.1. The molecule has 4 heterocycles. The van der Waals surface area contributed by atoms with Crippen LogP contribution < -0.4 is 0 Å². The molecule has 4 aliphatic carbocycles. The summed E-state index contributed by atoms with van der Waals surface area (Å²) in [5, 5.41) is 0. The molecular weight excluding hydrogens is 1430 g/mol. The molecule has 0 N–H and O–H groups in total. The summed E-state index contributed by atoms with van der Waals surface area (Å²) in [4.78, 5) is 2.27. The van der Waals surface area contributed by atoms with Gasteiger partial charge in [-0.3, -0.25) is 0 Å². The molecule has 24 heteroatoms. The van der Waals surface area contributed by atoms with Crippen molar-refractivity contribution in [3.05, 3.63) is 261 Å². The number of hydrogen-bond acceptors (Lipinski definition) is 8. The van der Waals surface area contributed by atoms with Crippen LogP contribution in [0.3, 0.4) is 0 Å². The van der Waals surface area contributed by atoms with Crippen LogP contribution in [0, 0.1) is 0 Å². The highest BCUT2D eigenvalue weighted by molar-refractivity contribution is 8.02. The number of halogens is 12. The molecule has 440 valence electrons. The van der Waals surface area contributed by atoms with Gasteiger partial charge in [0.15, 0.2) is 17.2 Å². The minimum atomic E-state index is -3.79. The molecule has 2 spiro atoms. The monoisotopic (exact) mass is 1460 g/mol. The fourth-order valence-electron chi connectivity index (χ4n) is 13.4. The van der Waals surface area contributed by atoms with Crippen molar-refractivity contribution in [3.63, 3.8) is 0 Å². The Kier molecular flexibility index (Phi) is 17.5. The van der Waals surface area contributed by atoms with Gasteiger partial charge in [-0.05, 0) is 113 Å². The molecule has 0 atom stereocenters. The highest BCUT2D eigenvalue weighted by atomic mass is 35.6. The van der Waals surface area contributed by atoms with E-state index in [4.69, 9.17) is 139 Å². The standard InChI is InChI=1S/2C29H16O4S2.4CHCl3/c2*30-34(31)23-15-7-3-11-19(23)25-27(34)17-9-1-5-13-21(17)29(25)22-14-6-2-10-18(22)28-26(29)20-12-4-8-16-24(20)35(28,32)33;4*2-1(3)4/h2*1-16H;4*1H. The topological polar surface area (TPSA) is 137 Å². The van der Waals surface area contributed by atoms with Crippen molar-refractivity contribution in [2.75, 3.05) is 0 Å². The Morgan fingerprint density at radius 2 is 0.360 bits per heavy atom. The second kappa shape index (κ2) is 23.7. The molecule has 0 unspecified atom stereocenters. The van der Waals surface area contributed by atoms with E-state index in [2.05, 4.69) is 0 Å². The lowest BCUT2D eigenvalue weighted by atomic mass is 9.66. The van der Waals surface area contributed by atoms with Gasteiger partial charge in [-0.2, -0.15) is 0 Å². The highest BCUT2D eigenvalue weighted by Crippen LogP contribution is 2.74. The van der Waals surface area contributed by atoms with E-state index >= 15 is 0 Å². The minimum Gasteiger partial charge on any atom is -0.218 e.